The van der Waals surface area contributed by atoms with Gasteiger partial charge in [-0.1, -0.05) is 19.1 Å². The highest BCUT2D eigenvalue weighted by Crippen LogP contribution is 2.19. The fraction of sp³-hybridized carbons (Fsp3) is 0.455. The molecule has 6 nitrogen and oxygen atoms in total. The third-order valence-electron chi connectivity index (χ3n) is 4.66. The maximum atomic E-state index is 11.8. The standard InChI is InChI=1S/C22H30N4O2S.HI/c1-3-23-22(24-12-16(2)18-9-10-29-15-18)25-13-17-5-4-6-20(11-17)28-14-21(27)26-19-7-8-19;/h4-6,9-11,15-16,19H,3,7-8,12-14H2,1-2H3,(H,26,27)(H2,23,24,25);1H. The topological polar surface area (TPSA) is 74.8 Å². The summed E-state index contributed by atoms with van der Waals surface area (Å²) >= 11 is 1.72. The van der Waals surface area contributed by atoms with Gasteiger partial charge in [-0.2, -0.15) is 11.3 Å². The summed E-state index contributed by atoms with van der Waals surface area (Å²) in [6.45, 7) is 6.47. The minimum Gasteiger partial charge on any atom is -0.484 e. The van der Waals surface area contributed by atoms with E-state index >= 15 is 0 Å². The lowest BCUT2D eigenvalue weighted by Gasteiger charge is -2.15. The highest BCUT2D eigenvalue weighted by Gasteiger charge is 2.23. The molecule has 0 bridgehead atoms. The molecule has 0 spiro atoms. The van der Waals surface area contributed by atoms with Crippen molar-refractivity contribution in [3.05, 3.63) is 52.2 Å². The molecule has 1 fully saturated rings. The molecule has 3 N–H and O–H groups in total. The third kappa shape index (κ3) is 8.51. The van der Waals surface area contributed by atoms with Gasteiger partial charge in [0.1, 0.15) is 5.75 Å². The first kappa shape index (κ1) is 24.5. The number of benzene rings is 1. The van der Waals surface area contributed by atoms with Crippen LogP contribution in [0.15, 0.2) is 46.1 Å². The number of carbonyl (C=O) groups excluding carboxylic acids is 1. The second-order valence-electron chi connectivity index (χ2n) is 7.31. The quantitative estimate of drug-likeness (QED) is 0.242. The number of carbonyl (C=O) groups is 1. The van der Waals surface area contributed by atoms with Crippen molar-refractivity contribution < 1.29 is 9.53 Å². The van der Waals surface area contributed by atoms with Crippen LogP contribution in [0, 0.1) is 0 Å². The lowest BCUT2D eigenvalue weighted by molar-refractivity contribution is -0.123. The highest BCUT2D eigenvalue weighted by atomic mass is 127. The average molecular weight is 542 g/mol. The van der Waals surface area contributed by atoms with Gasteiger partial charge in [-0.25, -0.2) is 4.99 Å². The lowest BCUT2D eigenvalue weighted by atomic mass is 10.1. The van der Waals surface area contributed by atoms with E-state index in [1.54, 1.807) is 11.3 Å². The fourth-order valence-corrected chi connectivity index (χ4v) is 3.60. The summed E-state index contributed by atoms with van der Waals surface area (Å²) in [6.07, 6.45) is 2.15. The van der Waals surface area contributed by atoms with Crippen molar-refractivity contribution in [3.63, 3.8) is 0 Å². The van der Waals surface area contributed by atoms with Crippen LogP contribution in [0.1, 0.15) is 43.7 Å². The molecule has 30 heavy (non-hydrogen) atoms. The van der Waals surface area contributed by atoms with Gasteiger partial charge in [0.25, 0.3) is 5.91 Å². The number of hydrogen-bond acceptors (Lipinski definition) is 4. The van der Waals surface area contributed by atoms with Crippen LogP contribution in [0.2, 0.25) is 0 Å². The van der Waals surface area contributed by atoms with E-state index in [0.29, 0.717) is 24.3 Å². The summed E-state index contributed by atoms with van der Waals surface area (Å²) in [5.74, 6) is 1.84. The molecule has 164 valence electrons. The van der Waals surface area contributed by atoms with Gasteiger partial charge in [-0.05, 0) is 65.8 Å². The van der Waals surface area contributed by atoms with Crippen LogP contribution < -0.4 is 20.7 Å². The number of guanidine groups is 1. The molecule has 3 rings (SSSR count). The summed E-state index contributed by atoms with van der Waals surface area (Å²) in [4.78, 5) is 16.5. The van der Waals surface area contributed by atoms with Crippen LogP contribution in [0.3, 0.4) is 0 Å². The van der Waals surface area contributed by atoms with Crippen molar-refractivity contribution in [2.45, 2.75) is 45.2 Å². The Hall–Kier alpha value is -1.81. The molecule has 0 radical (unpaired) electrons. The number of amides is 1. The summed E-state index contributed by atoms with van der Waals surface area (Å²) < 4.78 is 5.62. The van der Waals surface area contributed by atoms with Crippen LogP contribution in [0.4, 0.5) is 0 Å². The summed E-state index contributed by atoms with van der Waals surface area (Å²) in [7, 11) is 0. The molecule has 0 aliphatic heterocycles. The minimum atomic E-state index is -0.0608. The van der Waals surface area contributed by atoms with Crippen molar-refractivity contribution in [2.24, 2.45) is 4.99 Å². The minimum absolute atomic E-state index is 0. The fourth-order valence-electron chi connectivity index (χ4n) is 2.81. The van der Waals surface area contributed by atoms with Gasteiger partial charge in [-0.3, -0.25) is 4.79 Å². The number of hydrogen-bond donors (Lipinski definition) is 3. The molecule has 1 atom stereocenters. The first-order valence-electron chi connectivity index (χ1n) is 10.2. The van der Waals surface area contributed by atoms with Crippen LogP contribution in [0.25, 0.3) is 0 Å². The molecule has 1 aliphatic carbocycles. The van der Waals surface area contributed by atoms with Gasteiger partial charge in [0.15, 0.2) is 12.6 Å². The molecule has 1 saturated carbocycles. The maximum absolute atomic E-state index is 11.8. The van der Waals surface area contributed by atoms with Crippen LogP contribution in [-0.2, 0) is 11.3 Å². The van der Waals surface area contributed by atoms with Gasteiger partial charge >= 0.3 is 0 Å². The van der Waals surface area contributed by atoms with Crippen molar-refractivity contribution in [2.75, 3.05) is 19.7 Å². The lowest BCUT2D eigenvalue weighted by Crippen LogP contribution is -2.39. The number of aliphatic imine (C=N–C) groups is 1. The zero-order valence-electron chi connectivity index (χ0n) is 17.5. The number of nitrogens with one attached hydrogen (secondary N) is 3. The zero-order chi connectivity index (χ0) is 20.5. The molecular formula is C22H31IN4O2S. The molecule has 1 unspecified atom stereocenters. The Bertz CT molecular complexity index is 809. The van der Waals surface area contributed by atoms with Gasteiger partial charge < -0.3 is 20.7 Å². The Morgan fingerprint density at radius 1 is 1.30 bits per heavy atom. The average Bonchev–Trinajstić information content (AvgIpc) is 3.36. The second kappa shape index (κ2) is 12.8. The Morgan fingerprint density at radius 2 is 2.13 bits per heavy atom. The summed E-state index contributed by atoms with van der Waals surface area (Å²) in [6, 6.07) is 10.3. The van der Waals surface area contributed by atoms with Gasteiger partial charge in [0, 0.05) is 19.1 Å². The first-order chi connectivity index (χ1) is 14.1. The summed E-state index contributed by atoms with van der Waals surface area (Å²) in [5, 5.41) is 13.9. The molecular weight excluding hydrogens is 511 g/mol. The zero-order valence-corrected chi connectivity index (χ0v) is 20.7. The number of thiophene rings is 1. The van der Waals surface area contributed by atoms with Crippen molar-refractivity contribution >= 4 is 47.2 Å². The Balaban J connectivity index is 0.00000320. The summed E-state index contributed by atoms with van der Waals surface area (Å²) in [5.41, 5.74) is 2.38. The second-order valence-corrected chi connectivity index (χ2v) is 8.09. The highest BCUT2D eigenvalue weighted by molar-refractivity contribution is 14.0. The van der Waals surface area contributed by atoms with Crippen LogP contribution in [0.5, 0.6) is 5.75 Å². The number of rotatable bonds is 10. The van der Waals surface area contributed by atoms with Crippen LogP contribution >= 0.6 is 35.3 Å². The normalized spacial score (nSPS) is 14.4. The maximum Gasteiger partial charge on any atom is 0.258 e. The van der Waals surface area contributed by atoms with E-state index in [9.17, 15) is 4.79 Å². The molecule has 1 amide bonds. The van der Waals surface area contributed by atoms with E-state index in [1.165, 1.54) is 5.56 Å². The van der Waals surface area contributed by atoms with E-state index in [2.05, 4.69) is 51.6 Å². The van der Waals surface area contributed by atoms with Gasteiger partial charge in [-0.15, -0.1) is 24.0 Å². The predicted octanol–water partition coefficient (Wildman–Crippen LogP) is 3.88. The Kier molecular flexibility index (Phi) is 10.4. The van der Waals surface area contributed by atoms with E-state index in [1.807, 2.05) is 24.3 Å². The van der Waals surface area contributed by atoms with E-state index in [0.717, 1.165) is 37.5 Å². The largest absolute Gasteiger partial charge is 0.484 e. The van der Waals surface area contributed by atoms with Gasteiger partial charge in [0.05, 0.1) is 6.54 Å². The van der Waals surface area contributed by atoms with Crippen molar-refractivity contribution in [1.82, 2.24) is 16.0 Å². The Morgan fingerprint density at radius 3 is 2.83 bits per heavy atom. The van der Waals surface area contributed by atoms with E-state index < -0.39 is 0 Å². The molecule has 1 aromatic carbocycles. The first-order valence-corrected chi connectivity index (χ1v) is 11.1. The van der Waals surface area contributed by atoms with Crippen molar-refractivity contribution in [3.8, 4) is 5.75 Å². The monoisotopic (exact) mass is 542 g/mol. The van der Waals surface area contributed by atoms with E-state index in [4.69, 9.17) is 4.74 Å². The molecule has 0 saturated heterocycles. The SMILES string of the molecule is CCNC(=NCc1cccc(OCC(=O)NC2CC2)c1)NCC(C)c1ccsc1.I. The molecule has 8 heteroatoms. The number of nitrogens with zero attached hydrogens (tertiary/aromatic N) is 1. The molecule has 1 heterocycles. The smallest absolute Gasteiger partial charge is 0.258 e. The predicted molar refractivity (Wildman–Crippen MR) is 134 cm³/mol. The van der Waals surface area contributed by atoms with Crippen molar-refractivity contribution in [1.29, 1.82) is 0 Å². The van der Waals surface area contributed by atoms with Gasteiger partial charge in [0.2, 0.25) is 0 Å². The molecule has 2 aromatic rings. The number of ether oxygens (including phenoxy) is 1. The van der Waals surface area contributed by atoms with E-state index in [-0.39, 0.29) is 36.5 Å². The third-order valence-corrected chi connectivity index (χ3v) is 5.36. The molecule has 1 aromatic heterocycles. The molecule has 1 aliphatic rings. The number of halogens is 1. The van der Waals surface area contributed by atoms with Crippen LogP contribution in [-0.4, -0.2) is 37.6 Å². The Labute approximate surface area is 199 Å².